The van der Waals surface area contributed by atoms with Crippen LogP contribution in [-0.4, -0.2) is 24.5 Å². The van der Waals surface area contributed by atoms with Gasteiger partial charge in [0.15, 0.2) is 0 Å². The predicted octanol–water partition coefficient (Wildman–Crippen LogP) is 4.16. The van der Waals surface area contributed by atoms with E-state index in [9.17, 15) is 0 Å². The molecule has 0 unspecified atom stereocenters. The molecule has 21 heavy (non-hydrogen) atoms. The molecule has 0 bridgehead atoms. The number of hydrogen-bond donors (Lipinski definition) is 1. The fraction of sp³-hybridized carbons (Fsp3) is 0.444. The maximum Gasteiger partial charge on any atom is 0.0349 e. The lowest BCUT2D eigenvalue weighted by Gasteiger charge is -2.23. The first kappa shape index (κ1) is 14.8. The van der Waals surface area contributed by atoms with Crippen LogP contribution in [0.15, 0.2) is 36.4 Å². The molecule has 0 amide bonds. The van der Waals surface area contributed by atoms with Crippen LogP contribution >= 0.6 is 11.3 Å². The number of rotatable bonds is 6. The largest absolute Gasteiger partial charge is 0.312 e. The topological polar surface area (TPSA) is 15.3 Å². The highest BCUT2D eigenvalue weighted by Gasteiger charge is 2.15. The maximum atomic E-state index is 3.57. The quantitative estimate of drug-likeness (QED) is 0.636. The zero-order valence-corrected chi connectivity index (χ0v) is 13.6. The summed E-state index contributed by atoms with van der Waals surface area (Å²) in [5.74, 6) is 0. The standard InChI is InChI=1S/C18H24N2S/c1-2-10-19-13-18-16(14-20-11-6-3-7-12-20)15-8-4-5-9-17(15)21-18/h3-6,8-9,19H,2,7,10-14H2,1H3. The van der Waals surface area contributed by atoms with Gasteiger partial charge in [-0.25, -0.2) is 0 Å². The Balaban J connectivity index is 1.85. The Kier molecular flexibility index (Phi) is 5.07. The van der Waals surface area contributed by atoms with Gasteiger partial charge in [-0.3, -0.25) is 4.90 Å². The van der Waals surface area contributed by atoms with Crippen molar-refractivity contribution in [2.45, 2.75) is 32.9 Å². The molecular weight excluding hydrogens is 276 g/mol. The van der Waals surface area contributed by atoms with E-state index in [0.717, 1.165) is 26.2 Å². The Bertz CT molecular complexity index is 615. The molecule has 0 fully saturated rings. The maximum absolute atomic E-state index is 3.57. The Morgan fingerprint density at radius 2 is 2.14 bits per heavy atom. The minimum atomic E-state index is 1.01. The fourth-order valence-corrected chi connectivity index (χ4v) is 4.09. The van der Waals surface area contributed by atoms with Crippen molar-refractivity contribution in [2.75, 3.05) is 19.6 Å². The van der Waals surface area contributed by atoms with Crippen molar-refractivity contribution in [3.8, 4) is 0 Å². The van der Waals surface area contributed by atoms with Gasteiger partial charge in [0.25, 0.3) is 0 Å². The smallest absolute Gasteiger partial charge is 0.0349 e. The summed E-state index contributed by atoms with van der Waals surface area (Å²) in [7, 11) is 0. The molecule has 1 aliphatic rings. The van der Waals surface area contributed by atoms with E-state index in [-0.39, 0.29) is 0 Å². The number of hydrogen-bond acceptors (Lipinski definition) is 3. The number of benzene rings is 1. The van der Waals surface area contributed by atoms with Gasteiger partial charge in [0.1, 0.15) is 0 Å². The summed E-state index contributed by atoms with van der Waals surface area (Å²) >= 11 is 1.96. The third-order valence-electron chi connectivity index (χ3n) is 4.02. The third-order valence-corrected chi connectivity index (χ3v) is 5.23. The summed E-state index contributed by atoms with van der Waals surface area (Å²) < 4.78 is 1.42. The van der Waals surface area contributed by atoms with Gasteiger partial charge in [0.05, 0.1) is 0 Å². The third kappa shape index (κ3) is 3.54. The van der Waals surface area contributed by atoms with Crippen LogP contribution in [0, 0.1) is 0 Å². The molecule has 2 aromatic rings. The molecule has 1 aromatic heterocycles. The minimum Gasteiger partial charge on any atom is -0.312 e. The van der Waals surface area contributed by atoms with E-state index < -0.39 is 0 Å². The predicted molar refractivity (Wildman–Crippen MR) is 92.9 cm³/mol. The SMILES string of the molecule is CCCNCc1sc2ccccc2c1CN1CC=CCC1. The van der Waals surface area contributed by atoms with Crippen LogP contribution < -0.4 is 5.32 Å². The first-order valence-corrected chi connectivity index (χ1v) is 8.77. The van der Waals surface area contributed by atoms with Gasteiger partial charge in [0, 0.05) is 35.8 Å². The second kappa shape index (κ2) is 7.21. The summed E-state index contributed by atoms with van der Waals surface area (Å²) in [5.41, 5.74) is 1.54. The minimum absolute atomic E-state index is 1.01. The van der Waals surface area contributed by atoms with E-state index in [1.165, 1.54) is 39.9 Å². The average Bonchev–Trinajstić information content (AvgIpc) is 2.87. The van der Waals surface area contributed by atoms with Gasteiger partial charge in [-0.1, -0.05) is 37.3 Å². The van der Waals surface area contributed by atoms with Crippen LogP contribution in [-0.2, 0) is 13.1 Å². The summed E-state index contributed by atoms with van der Waals surface area (Å²) in [4.78, 5) is 4.07. The van der Waals surface area contributed by atoms with Crippen molar-refractivity contribution >= 4 is 21.4 Å². The van der Waals surface area contributed by atoms with Crippen LogP contribution in [0.25, 0.3) is 10.1 Å². The molecule has 0 atom stereocenters. The van der Waals surface area contributed by atoms with Crippen LogP contribution in [0.2, 0.25) is 0 Å². The Morgan fingerprint density at radius 1 is 1.24 bits per heavy atom. The molecule has 1 aliphatic heterocycles. The summed E-state index contributed by atoms with van der Waals surface area (Å²) in [6, 6.07) is 8.85. The molecule has 0 radical (unpaired) electrons. The van der Waals surface area contributed by atoms with Crippen molar-refractivity contribution in [1.29, 1.82) is 0 Å². The van der Waals surface area contributed by atoms with Crippen molar-refractivity contribution < 1.29 is 0 Å². The molecule has 0 aliphatic carbocycles. The molecule has 1 aromatic carbocycles. The lowest BCUT2D eigenvalue weighted by Crippen LogP contribution is -2.27. The summed E-state index contributed by atoms with van der Waals surface area (Å²) in [6.07, 6.45) is 6.97. The molecule has 112 valence electrons. The van der Waals surface area contributed by atoms with Gasteiger partial charge in [0.2, 0.25) is 0 Å². The summed E-state index contributed by atoms with van der Waals surface area (Å²) in [6.45, 7) is 7.68. The monoisotopic (exact) mass is 300 g/mol. The van der Waals surface area contributed by atoms with Crippen LogP contribution in [0.4, 0.5) is 0 Å². The second-order valence-electron chi connectivity index (χ2n) is 5.67. The normalized spacial score (nSPS) is 15.9. The highest BCUT2D eigenvalue weighted by Crippen LogP contribution is 2.32. The van der Waals surface area contributed by atoms with E-state index in [0.29, 0.717) is 0 Å². The van der Waals surface area contributed by atoms with Gasteiger partial charge >= 0.3 is 0 Å². The first-order valence-electron chi connectivity index (χ1n) is 7.96. The van der Waals surface area contributed by atoms with Gasteiger partial charge in [-0.05, 0) is 36.4 Å². The molecule has 0 saturated carbocycles. The van der Waals surface area contributed by atoms with Gasteiger partial charge < -0.3 is 5.32 Å². The lowest BCUT2D eigenvalue weighted by atomic mass is 10.1. The number of nitrogens with zero attached hydrogens (tertiary/aromatic N) is 1. The van der Waals surface area contributed by atoms with E-state index in [1.54, 1.807) is 0 Å². The second-order valence-corrected chi connectivity index (χ2v) is 6.81. The molecular formula is C18H24N2S. The van der Waals surface area contributed by atoms with Crippen LogP contribution in [0.1, 0.15) is 30.2 Å². The zero-order valence-electron chi connectivity index (χ0n) is 12.8. The Labute approximate surface area is 131 Å². The van der Waals surface area contributed by atoms with E-state index in [1.807, 2.05) is 11.3 Å². The average molecular weight is 300 g/mol. The van der Waals surface area contributed by atoms with Gasteiger partial charge in [-0.2, -0.15) is 0 Å². The van der Waals surface area contributed by atoms with Crippen LogP contribution in [0.3, 0.4) is 0 Å². The Hall–Kier alpha value is -1.16. The molecule has 0 saturated heterocycles. The molecule has 0 spiro atoms. The first-order chi connectivity index (χ1) is 10.4. The lowest BCUT2D eigenvalue weighted by molar-refractivity contribution is 0.291. The molecule has 2 nitrogen and oxygen atoms in total. The van der Waals surface area contributed by atoms with Crippen molar-refractivity contribution in [3.05, 3.63) is 46.9 Å². The molecule has 3 rings (SSSR count). The van der Waals surface area contributed by atoms with Crippen molar-refractivity contribution in [2.24, 2.45) is 0 Å². The van der Waals surface area contributed by atoms with Crippen molar-refractivity contribution in [1.82, 2.24) is 10.2 Å². The van der Waals surface area contributed by atoms with Crippen LogP contribution in [0.5, 0.6) is 0 Å². The Morgan fingerprint density at radius 3 is 2.95 bits per heavy atom. The van der Waals surface area contributed by atoms with E-state index >= 15 is 0 Å². The molecule has 3 heteroatoms. The zero-order chi connectivity index (χ0) is 14.5. The van der Waals surface area contributed by atoms with Crippen molar-refractivity contribution in [3.63, 3.8) is 0 Å². The highest BCUT2D eigenvalue weighted by atomic mass is 32.1. The highest BCUT2D eigenvalue weighted by molar-refractivity contribution is 7.19. The molecule has 1 N–H and O–H groups in total. The number of nitrogens with one attached hydrogen (secondary N) is 1. The van der Waals surface area contributed by atoms with E-state index in [2.05, 4.69) is 53.6 Å². The molecule has 2 heterocycles. The van der Waals surface area contributed by atoms with Gasteiger partial charge in [-0.15, -0.1) is 11.3 Å². The van der Waals surface area contributed by atoms with E-state index in [4.69, 9.17) is 0 Å². The summed E-state index contributed by atoms with van der Waals surface area (Å²) in [5, 5.41) is 5.02. The number of fused-ring (bicyclic) bond motifs is 1. The number of thiophene rings is 1. The fourth-order valence-electron chi connectivity index (χ4n) is 2.90.